The number of aromatic nitrogens is 1. The highest BCUT2D eigenvalue weighted by atomic mass is 14.7. The van der Waals surface area contributed by atoms with Crippen LogP contribution in [0.2, 0.25) is 0 Å². The molecule has 0 aliphatic heterocycles. The zero-order valence-electron chi connectivity index (χ0n) is 7.53. The van der Waals surface area contributed by atoms with Crippen LogP contribution in [0.3, 0.4) is 0 Å². The molecule has 2 rings (SSSR count). The summed E-state index contributed by atoms with van der Waals surface area (Å²) in [6.45, 7) is 0. The van der Waals surface area contributed by atoms with Crippen molar-refractivity contribution in [2.45, 2.75) is 31.6 Å². The van der Waals surface area contributed by atoms with E-state index in [0.29, 0.717) is 11.6 Å². The molecule has 0 radical (unpaired) electrons. The van der Waals surface area contributed by atoms with Crippen LogP contribution in [-0.2, 0) is 0 Å². The Morgan fingerprint density at radius 2 is 2.08 bits per heavy atom. The van der Waals surface area contributed by atoms with E-state index in [1.54, 1.807) is 6.07 Å². The normalized spacial score (nSPS) is 17.2. The number of rotatable bonds is 1. The van der Waals surface area contributed by atoms with Gasteiger partial charge in [-0.3, -0.25) is 0 Å². The third-order valence-corrected chi connectivity index (χ3v) is 2.66. The largest absolute Gasteiger partial charge is 0.242 e. The second kappa shape index (κ2) is 3.57. The highest BCUT2D eigenvalue weighted by molar-refractivity contribution is 5.24. The van der Waals surface area contributed by atoms with Crippen molar-refractivity contribution in [3.05, 3.63) is 29.6 Å². The zero-order valence-corrected chi connectivity index (χ0v) is 7.53. The van der Waals surface area contributed by atoms with E-state index in [1.807, 2.05) is 12.1 Å². The molecular weight excluding hydrogens is 160 g/mol. The van der Waals surface area contributed by atoms with E-state index in [-0.39, 0.29) is 0 Å². The molecule has 1 aliphatic carbocycles. The van der Waals surface area contributed by atoms with Crippen LogP contribution in [0.5, 0.6) is 0 Å². The van der Waals surface area contributed by atoms with Crippen LogP contribution < -0.4 is 0 Å². The van der Waals surface area contributed by atoms with Gasteiger partial charge >= 0.3 is 0 Å². The molecule has 0 aromatic carbocycles. The third kappa shape index (κ3) is 1.70. The van der Waals surface area contributed by atoms with Crippen molar-refractivity contribution in [3.63, 3.8) is 0 Å². The van der Waals surface area contributed by atoms with Crippen molar-refractivity contribution in [2.24, 2.45) is 0 Å². The molecule has 1 saturated carbocycles. The molecule has 1 aliphatic rings. The second-order valence-corrected chi connectivity index (χ2v) is 3.54. The molecule has 0 atom stereocenters. The summed E-state index contributed by atoms with van der Waals surface area (Å²) < 4.78 is 0. The molecule has 0 amide bonds. The molecule has 1 fully saturated rings. The maximum atomic E-state index is 8.69. The van der Waals surface area contributed by atoms with Gasteiger partial charge in [-0.1, -0.05) is 18.9 Å². The number of pyridine rings is 1. The van der Waals surface area contributed by atoms with E-state index >= 15 is 0 Å². The Hall–Kier alpha value is -1.36. The van der Waals surface area contributed by atoms with Crippen LogP contribution in [0.1, 0.15) is 43.0 Å². The van der Waals surface area contributed by atoms with Gasteiger partial charge in [-0.2, -0.15) is 5.26 Å². The van der Waals surface area contributed by atoms with Crippen LogP contribution in [0.15, 0.2) is 18.2 Å². The Balaban J connectivity index is 2.25. The Morgan fingerprint density at radius 3 is 2.77 bits per heavy atom. The molecule has 1 heterocycles. The van der Waals surface area contributed by atoms with Crippen LogP contribution in [0.25, 0.3) is 0 Å². The molecular formula is C11H12N2. The number of nitriles is 1. The molecule has 0 spiro atoms. The Morgan fingerprint density at radius 1 is 1.31 bits per heavy atom. The molecule has 0 saturated heterocycles. The molecule has 13 heavy (non-hydrogen) atoms. The molecule has 0 N–H and O–H groups in total. The molecule has 0 bridgehead atoms. The van der Waals surface area contributed by atoms with Crippen molar-refractivity contribution >= 4 is 0 Å². The summed E-state index contributed by atoms with van der Waals surface area (Å²) >= 11 is 0. The first kappa shape index (κ1) is 8.25. The topological polar surface area (TPSA) is 36.7 Å². The van der Waals surface area contributed by atoms with E-state index in [2.05, 4.69) is 11.1 Å². The van der Waals surface area contributed by atoms with Crippen molar-refractivity contribution < 1.29 is 0 Å². The molecule has 0 unspecified atom stereocenters. The summed E-state index contributed by atoms with van der Waals surface area (Å²) in [5, 5.41) is 8.69. The van der Waals surface area contributed by atoms with Crippen molar-refractivity contribution in [3.8, 4) is 6.07 Å². The van der Waals surface area contributed by atoms with Gasteiger partial charge in [-0.05, 0) is 25.0 Å². The molecule has 2 nitrogen and oxygen atoms in total. The monoisotopic (exact) mass is 172 g/mol. The van der Waals surface area contributed by atoms with Gasteiger partial charge in [0.1, 0.15) is 11.8 Å². The van der Waals surface area contributed by atoms with Gasteiger partial charge in [0.05, 0.1) is 0 Å². The van der Waals surface area contributed by atoms with Crippen molar-refractivity contribution in [1.29, 1.82) is 5.26 Å². The van der Waals surface area contributed by atoms with E-state index in [4.69, 9.17) is 5.26 Å². The standard InChI is InChI=1S/C11H12N2/c12-8-10-6-3-7-11(13-10)9-4-1-2-5-9/h3,6-7,9H,1-2,4-5H2. The van der Waals surface area contributed by atoms with Gasteiger partial charge in [-0.15, -0.1) is 0 Å². The lowest BCUT2D eigenvalue weighted by Crippen LogP contribution is -1.97. The van der Waals surface area contributed by atoms with Gasteiger partial charge < -0.3 is 0 Å². The highest BCUT2D eigenvalue weighted by Crippen LogP contribution is 2.32. The lowest BCUT2D eigenvalue weighted by molar-refractivity contribution is 0.696. The minimum Gasteiger partial charge on any atom is -0.242 e. The smallest absolute Gasteiger partial charge is 0.140 e. The first-order chi connectivity index (χ1) is 6.40. The van der Waals surface area contributed by atoms with Crippen molar-refractivity contribution in [2.75, 3.05) is 0 Å². The Bertz CT molecular complexity index is 332. The predicted molar refractivity (Wildman–Crippen MR) is 50.2 cm³/mol. The SMILES string of the molecule is N#Cc1cccc(C2CCCC2)n1. The van der Waals surface area contributed by atoms with Crippen LogP contribution in [0, 0.1) is 11.3 Å². The first-order valence-electron chi connectivity index (χ1n) is 4.77. The van der Waals surface area contributed by atoms with E-state index in [1.165, 1.54) is 25.7 Å². The summed E-state index contributed by atoms with van der Waals surface area (Å²) in [7, 11) is 0. The minimum atomic E-state index is 0.546. The molecule has 1 aromatic heterocycles. The van der Waals surface area contributed by atoms with E-state index < -0.39 is 0 Å². The average molecular weight is 172 g/mol. The fourth-order valence-electron chi connectivity index (χ4n) is 1.96. The summed E-state index contributed by atoms with van der Waals surface area (Å²) in [6.07, 6.45) is 5.09. The molecule has 1 aromatic rings. The van der Waals surface area contributed by atoms with Crippen LogP contribution in [0.4, 0.5) is 0 Å². The van der Waals surface area contributed by atoms with Crippen molar-refractivity contribution in [1.82, 2.24) is 4.98 Å². The summed E-state index contributed by atoms with van der Waals surface area (Å²) in [4.78, 5) is 4.31. The summed E-state index contributed by atoms with van der Waals surface area (Å²) in [5.74, 6) is 0.605. The van der Waals surface area contributed by atoms with E-state index in [0.717, 1.165) is 5.69 Å². The van der Waals surface area contributed by atoms with Crippen LogP contribution in [-0.4, -0.2) is 4.98 Å². The van der Waals surface area contributed by atoms with Gasteiger partial charge in [0, 0.05) is 11.6 Å². The molecule has 2 heteroatoms. The van der Waals surface area contributed by atoms with Gasteiger partial charge in [0.2, 0.25) is 0 Å². The fraction of sp³-hybridized carbons (Fsp3) is 0.455. The van der Waals surface area contributed by atoms with Crippen LogP contribution >= 0.6 is 0 Å². The average Bonchev–Trinajstić information content (AvgIpc) is 2.71. The van der Waals surface area contributed by atoms with Gasteiger partial charge in [0.15, 0.2) is 0 Å². The first-order valence-corrected chi connectivity index (χ1v) is 4.77. The third-order valence-electron chi connectivity index (χ3n) is 2.66. The lowest BCUT2D eigenvalue weighted by atomic mass is 10.0. The fourth-order valence-corrected chi connectivity index (χ4v) is 1.96. The second-order valence-electron chi connectivity index (χ2n) is 3.54. The Kier molecular flexibility index (Phi) is 2.27. The predicted octanol–water partition coefficient (Wildman–Crippen LogP) is 2.61. The maximum Gasteiger partial charge on any atom is 0.140 e. The highest BCUT2D eigenvalue weighted by Gasteiger charge is 2.18. The number of hydrogen-bond donors (Lipinski definition) is 0. The van der Waals surface area contributed by atoms with Gasteiger partial charge in [0.25, 0.3) is 0 Å². The summed E-state index contributed by atoms with van der Waals surface area (Å²) in [5.41, 5.74) is 1.65. The minimum absolute atomic E-state index is 0.546. The van der Waals surface area contributed by atoms with E-state index in [9.17, 15) is 0 Å². The van der Waals surface area contributed by atoms with Gasteiger partial charge in [-0.25, -0.2) is 4.98 Å². The summed E-state index contributed by atoms with van der Waals surface area (Å²) in [6, 6.07) is 7.81. The number of hydrogen-bond acceptors (Lipinski definition) is 2. The molecule has 66 valence electrons. The quantitative estimate of drug-likeness (QED) is 0.652. The Labute approximate surface area is 78.2 Å². The maximum absolute atomic E-state index is 8.69. The lowest BCUT2D eigenvalue weighted by Gasteiger charge is -2.07. The zero-order chi connectivity index (χ0) is 9.10. The number of nitrogens with zero attached hydrogens (tertiary/aromatic N) is 2.